The Kier molecular flexibility index (Phi) is 8.84. The number of hydrogen-bond donors (Lipinski definition) is 0. The van der Waals surface area contributed by atoms with Crippen LogP contribution in [0.4, 0.5) is 0 Å². The molecule has 0 bridgehead atoms. The molecule has 42 heavy (non-hydrogen) atoms. The van der Waals surface area contributed by atoms with Gasteiger partial charge in [0.2, 0.25) is 0 Å². The van der Waals surface area contributed by atoms with Gasteiger partial charge in [-0.3, -0.25) is 0 Å². The van der Waals surface area contributed by atoms with Gasteiger partial charge >= 0.3 is 0 Å². The Morgan fingerprint density at radius 2 is 1.17 bits per heavy atom. The molecule has 3 heteroatoms. The minimum atomic E-state index is -3.23. The summed E-state index contributed by atoms with van der Waals surface area (Å²) in [5, 5.41) is 2.62. The van der Waals surface area contributed by atoms with E-state index >= 15 is 4.57 Å². The lowest BCUT2D eigenvalue weighted by atomic mass is 9.84. The summed E-state index contributed by atoms with van der Waals surface area (Å²) in [5.74, 6) is 3.78. The molecular weight excluding hydrogens is 543 g/mol. The molecule has 3 aromatic carbocycles. The van der Waals surface area contributed by atoms with Gasteiger partial charge in [0.15, 0.2) is 7.14 Å². The summed E-state index contributed by atoms with van der Waals surface area (Å²) in [6, 6.07) is 25.7. The first-order valence-electron chi connectivity index (χ1n) is 15.7. The van der Waals surface area contributed by atoms with Gasteiger partial charge in [-0.05, 0) is 55.8 Å². The summed E-state index contributed by atoms with van der Waals surface area (Å²) >= 11 is 0. The van der Waals surface area contributed by atoms with Crippen LogP contribution in [0.3, 0.4) is 0 Å². The maximum atomic E-state index is 15.9. The maximum Gasteiger partial charge on any atom is 0.180 e. The molecule has 0 N–H and O–H groups in total. The van der Waals surface area contributed by atoms with Crippen LogP contribution < -0.4 is 10.6 Å². The quantitative estimate of drug-likeness (QED) is 0.163. The summed E-state index contributed by atoms with van der Waals surface area (Å²) in [6.45, 7) is 27.5. The summed E-state index contributed by atoms with van der Waals surface area (Å²) in [7, 11) is -5.32. The van der Waals surface area contributed by atoms with E-state index < -0.39 is 15.2 Å². The van der Waals surface area contributed by atoms with Gasteiger partial charge in [-0.25, -0.2) is 0 Å². The van der Waals surface area contributed by atoms with E-state index in [0.29, 0.717) is 16.6 Å². The average molecular weight is 595 g/mol. The van der Waals surface area contributed by atoms with E-state index in [-0.39, 0.29) is 10.8 Å². The molecule has 0 aliphatic carbocycles. The van der Waals surface area contributed by atoms with E-state index in [0.717, 1.165) is 32.6 Å². The fraction of sp³-hybridized carbons (Fsp3) is 0.436. The molecule has 1 heterocycles. The molecule has 0 aromatic heterocycles. The molecule has 0 amide bonds. The molecule has 0 saturated heterocycles. The molecule has 222 valence electrons. The number of rotatable bonds is 5. The van der Waals surface area contributed by atoms with Crippen LogP contribution in [0.1, 0.15) is 105 Å². The zero-order valence-electron chi connectivity index (χ0n) is 28.0. The smallest absolute Gasteiger partial charge is 0.180 e. The van der Waals surface area contributed by atoms with Crippen LogP contribution in [0, 0.1) is 11.5 Å². The molecule has 3 aromatic rings. The summed E-state index contributed by atoms with van der Waals surface area (Å²) in [6.07, 6.45) is 0. The highest BCUT2D eigenvalue weighted by atomic mass is 31.2. The van der Waals surface area contributed by atoms with E-state index in [2.05, 4.69) is 137 Å². The molecule has 1 nitrogen and oxygen atoms in total. The lowest BCUT2D eigenvalue weighted by Crippen LogP contribution is -2.43. The van der Waals surface area contributed by atoms with Crippen LogP contribution in [-0.4, -0.2) is 8.07 Å². The zero-order valence-corrected chi connectivity index (χ0v) is 29.9. The van der Waals surface area contributed by atoms with Gasteiger partial charge in [-0.2, -0.15) is 0 Å². The number of fused-ring (bicyclic) bond motifs is 1. The van der Waals surface area contributed by atoms with E-state index in [1.54, 1.807) is 0 Å². The SMILES string of the molecule is CC(C)[Si](C#CC1=C(c2ccc(C(C)(C)C)cc2)c2ccc(C(C)(C)C)cc2P1(=O)c1ccccc1)(C(C)C)C(C)C. The minimum Gasteiger partial charge on any atom is -0.308 e. The number of allylic oxidation sites excluding steroid dienone is 1. The third-order valence-electron chi connectivity index (χ3n) is 9.45. The summed E-state index contributed by atoms with van der Waals surface area (Å²) in [5.41, 5.74) is 11.1. The van der Waals surface area contributed by atoms with Gasteiger partial charge in [0.05, 0.1) is 5.31 Å². The van der Waals surface area contributed by atoms with Gasteiger partial charge < -0.3 is 4.57 Å². The first kappa shape index (κ1) is 32.3. The normalized spacial score (nSPS) is 17.6. The second kappa shape index (κ2) is 11.5. The van der Waals surface area contributed by atoms with E-state index in [9.17, 15) is 0 Å². The molecule has 0 spiro atoms. The van der Waals surface area contributed by atoms with Crippen LogP contribution in [0.5, 0.6) is 0 Å². The van der Waals surface area contributed by atoms with Crippen molar-refractivity contribution in [1.82, 2.24) is 0 Å². The van der Waals surface area contributed by atoms with Crippen LogP contribution in [-0.2, 0) is 15.4 Å². The molecule has 4 rings (SSSR count). The predicted molar refractivity (Wildman–Crippen MR) is 188 cm³/mol. The van der Waals surface area contributed by atoms with E-state index in [1.807, 2.05) is 30.3 Å². The Hall–Kier alpha value is -2.59. The van der Waals surface area contributed by atoms with Gasteiger partial charge in [0.1, 0.15) is 8.07 Å². The highest BCUT2D eigenvalue weighted by molar-refractivity contribution is 7.83. The predicted octanol–water partition coefficient (Wildman–Crippen LogP) is 10.6. The van der Waals surface area contributed by atoms with Crippen LogP contribution in [0.2, 0.25) is 16.6 Å². The molecule has 1 unspecified atom stereocenters. The fourth-order valence-electron chi connectivity index (χ4n) is 6.95. The van der Waals surface area contributed by atoms with Crippen molar-refractivity contribution in [2.24, 2.45) is 0 Å². The van der Waals surface area contributed by atoms with E-state index in [4.69, 9.17) is 0 Å². The highest BCUT2D eigenvalue weighted by Crippen LogP contribution is 2.61. The Morgan fingerprint density at radius 3 is 1.64 bits per heavy atom. The van der Waals surface area contributed by atoms with Crippen molar-refractivity contribution in [3.05, 3.63) is 100 Å². The maximum absolute atomic E-state index is 15.9. The number of hydrogen-bond acceptors (Lipinski definition) is 1. The van der Waals surface area contributed by atoms with Crippen LogP contribution in [0.15, 0.2) is 78.1 Å². The minimum absolute atomic E-state index is 0.0566. The Balaban J connectivity index is 2.15. The topological polar surface area (TPSA) is 17.1 Å². The first-order valence-corrected chi connectivity index (χ1v) is 19.6. The largest absolute Gasteiger partial charge is 0.308 e. The van der Waals surface area contributed by atoms with Crippen molar-refractivity contribution in [2.75, 3.05) is 0 Å². The highest BCUT2D eigenvalue weighted by Gasteiger charge is 2.45. The van der Waals surface area contributed by atoms with Crippen molar-refractivity contribution < 1.29 is 4.57 Å². The second-order valence-electron chi connectivity index (χ2n) is 15.1. The lowest BCUT2D eigenvalue weighted by Gasteiger charge is -2.38. The van der Waals surface area contributed by atoms with Crippen molar-refractivity contribution in [3.8, 4) is 11.5 Å². The lowest BCUT2D eigenvalue weighted by molar-refractivity contribution is 0.588. The van der Waals surface area contributed by atoms with Gasteiger partial charge in [0.25, 0.3) is 0 Å². The summed E-state index contributed by atoms with van der Waals surface area (Å²) in [4.78, 5) is 0. The van der Waals surface area contributed by atoms with Crippen LogP contribution >= 0.6 is 7.14 Å². The number of benzene rings is 3. The monoisotopic (exact) mass is 594 g/mol. The van der Waals surface area contributed by atoms with Crippen molar-refractivity contribution in [1.29, 1.82) is 0 Å². The van der Waals surface area contributed by atoms with Gasteiger partial charge in [-0.15, -0.1) is 5.54 Å². The second-order valence-corrected chi connectivity index (χ2v) is 23.4. The Labute approximate surface area is 257 Å². The third-order valence-corrected chi connectivity index (χ3v) is 18.8. The molecule has 1 aliphatic rings. The average Bonchev–Trinajstić information content (AvgIpc) is 3.16. The fourth-order valence-corrected chi connectivity index (χ4v) is 15.3. The summed E-state index contributed by atoms with van der Waals surface area (Å²) < 4.78 is 15.9. The Bertz CT molecular complexity index is 1560. The van der Waals surface area contributed by atoms with Crippen molar-refractivity contribution in [3.63, 3.8) is 0 Å². The molecule has 0 fully saturated rings. The zero-order chi connectivity index (χ0) is 31.3. The third kappa shape index (κ3) is 5.56. The van der Waals surface area contributed by atoms with Crippen LogP contribution in [0.25, 0.3) is 5.57 Å². The molecule has 1 aliphatic heterocycles. The molecule has 1 atom stereocenters. The van der Waals surface area contributed by atoms with E-state index in [1.165, 1.54) is 11.1 Å². The standard InChI is InChI=1S/C39H51OPSi/c1-27(2)42(28(3)4,29(5)6)25-24-35-37(30-18-20-31(21-19-30)38(7,8)9)34-23-22-32(39(10,11)12)26-36(34)41(35,40)33-16-14-13-15-17-33/h13-23,26-29H,1-12H3. The van der Waals surface area contributed by atoms with Gasteiger partial charge in [0, 0.05) is 16.2 Å². The Morgan fingerprint density at radius 1 is 0.667 bits per heavy atom. The molecule has 0 radical (unpaired) electrons. The van der Waals surface area contributed by atoms with Crippen molar-refractivity contribution >= 4 is 31.4 Å². The van der Waals surface area contributed by atoms with Crippen molar-refractivity contribution in [2.45, 2.75) is 111 Å². The molecule has 0 saturated carbocycles. The van der Waals surface area contributed by atoms with Gasteiger partial charge in [-0.1, -0.05) is 156 Å². The first-order chi connectivity index (χ1) is 19.5. The molecular formula is C39H51OPSi.